The molecule has 4 nitrogen and oxygen atoms in total. The van der Waals surface area contributed by atoms with Gasteiger partial charge < -0.3 is 14.7 Å². The van der Waals surface area contributed by atoms with Crippen molar-refractivity contribution in [3.8, 4) is 5.75 Å². The molecule has 0 aliphatic carbocycles. The fourth-order valence-corrected chi connectivity index (χ4v) is 3.48. The first-order chi connectivity index (χ1) is 12.4. The number of hydrogen-bond donors (Lipinski definition) is 1. The van der Waals surface area contributed by atoms with E-state index in [9.17, 15) is 9.90 Å². The highest BCUT2D eigenvalue weighted by Crippen LogP contribution is 2.35. The smallest absolute Gasteiger partial charge is 0.223 e. The van der Waals surface area contributed by atoms with E-state index in [2.05, 4.69) is 0 Å². The van der Waals surface area contributed by atoms with Crippen LogP contribution in [-0.4, -0.2) is 28.1 Å². The Morgan fingerprint density at radius 3 is 2.65 bits per heavy atom. The summed E-state index contributed by atoms with van der Waals surface area (Å²) >= 11 is 5.96. The van der Waals surface area contributed by atoms with Crippen LogP contribution < -0.4 is 4.74 Å². The van der Waals surface area contributed by atoms with Crippen molar-refractivity contribution >= 4 is 17.5 Å². The van der Waals surface area contributed by atoms with Crippen LogP contribution in [0.1, 0.15) is 43.9 Å². The van der Waals surface area contributed by atoms with Gasteiger partial charge in [0.25, 0.3) is 0 Å². The number of carbonyl (C=O) groups is 1. The number of carbonyl (C=O) groups excluding carboxylic acids is 1. The van der Waals surface area contributed by atoms with E-state index in [0.29, 0.717) is 24.4 Å². The fraction of sp³-hybridized carbons (Fsp3) is 0.381. The topological polar surface area (TPSA) is 49.8 Å². The lowest BCUT2D eigenvalue weighted by atomic mass is 9.91. The molecule has 1 aliphatic rings. The van der Waals surface area contributed by atoms with Gasteiger partial charge in [-0.05, 0) is 55.7 Å². The maximum atomic E-state index is 12.6. The van der Waals surface area contributed by atoms with E-state index in [1.54, 1.807) is 4.90 Å². The van der Waals surface area contributed by atoms with E-state index in [4.69, 9.17) is 16.3 Å². The largest absolute Gasteiger partial charge is 0.491 e. The average Bonchev–Trinajstić information content (AvgIpc) is 2.60. The number of hydrogen-bond acceptors (Lipinski definition) is 3. The van der Waals surface area contributed by atoms with Crippen molar-refractivity contribution in [2.45, 2.75) is 51.5 Å². The maximum absolute atomic E-state index is 12.6. The zero-order valence-electron chi connectivity index (χ0n) is 15.1. The number of amides is 1. The summed E-state index contributed by atoms with van der Waals surface area (Å²) in [5, 5.41) is 11.3. The summed E-state index contributed by atoms with van der Waals surface area (Å²) in [6.45, 7) is 4.38. The van der Waals surface area contributed by atoms with E-state index in [1.165, 1.54) is 0 Å². The van der Waals surface area contributed by atoms with Crippen molar-refractivity contribution < 1.29 is 14.6 Å². The second-order valence-electron chi connectivity index (χ2n) is 6.94. The van der Waals surface area contributed by atoms with Crippen molar-refractivity contribution in [2.75, 3.05) is 0 Å². The number of aliphatic hydroxyl groups excluding tert-OH is 1. The first kappa shape index (κ1) is 18.7. The van der Waals surface area contributed by atoms with Crippen LogP contribution in [0, 0.1) is 0 Å². The van der Waals surface area contributed by atoms with Gasteiger partial charge in [0.15, 0.2) is 0 Å². The van der Waals surface area contributed by atoms with Crippen LogP contribution in [0.2, 0.25) is 5.02 Å². The van der Waals surface area contributed by atoms with Gasteiger partial charge in [-0.3, -0.25) is 4.79 Å². The van der Waals surface area contributed by atoms with Crippen LogP contribution >= 0.6 is 11.6 Å². The van der Waals surface area contributed by atoms with Gasteiger partial charge in [-0.25, -0.2) is 0 Å². The lowest BCUT2D eigenvalue weighted by molar-refractivity contribution is -0.143. The molecule has 1 amide bonds. The Labute approximate surface area is 159 Å². The quantitative estimate of drug-likeness (QED) is 0.847. The third kappa shape index (κ3) is 4.37. The summed E-state index contributed by atoms with van der Waals surface area (Å²) < 4.78 is 5.77. The highest BCUT2D eigenvalue weighted by atomic mass is 35.5. The van der Waals surface area contributed by atoms with Crippen LogP contribution in [0.25, 0.3) is 0 Å². The fourth-order valence-electron chi connectivity index (χ4n) is 3.35. The molecule has 2 aromatic carbocycles. The Bertz CT molecular complexity index is 760. The number of ether oxygens (including phenoxy) is 1. The molecule has 1 heterocycles. The summed E-state index contributed by atoms with van der Waals surface area (Å²) in [6, 6.07) is 14.7. The summed E-state index contributed by atoms with van der Waals surface area (Å²) in [5.74, 6) is 0.791. The molecule has 138 valence electrons. The highest BCUT2D eigenvalue weighted by Gasteiger charge is 2.36. The van der Waals surface area contributed by atoms with Gasteiger partial charge in [0, 0.05) is 18.0 Å². The molecule has 3 rings (SSSR count). The Hall–Kier alpha value is -2.04. The number of nitrogens with zero attached hydrogens (tertiary/aromatic N) is 1. The zero-order valence-corrected chi connectivity index (χ0v) is 15.8. The molecule has 26 heavy (non-hydrogen) atoms. The van der Waals surface area contributed by atoms with E-state index >= 15 is 0 Å². The molecule has 1 aliphatic heterocycles. The number of piperidine rings is 1. The molecule has 0 aromatic heterocycles. The van der Waals surface area contributed by atoms with Crippen molar-refractivity contribution in [3.05, 3.63) is 64.7 Å². The van der Waals surface area contributed by atoms with Gasteiger partial charge in [0.2, 0.25) is 5.91 Å². The predicted molar refractivity (Wildman–Crippen MR) is 102 cm³/mol. The van der Waals surface area contributed by atoms with Crippen LogP contribution in [0.3, 0.4) is 0 Å². The van der Waals surface area contributed by atoms with Gasteiger partial charge in [-0.15, -0.1) is 0 Å². The lowest BCUT2D eigenvalue weighted by Crippen LogP contribution is -2.44. The van der Waals surface area contributed by atoms with Gasteiger partial charge >= 0.3 is 0 Å². The minimum absolute atomic E-state index is 0.0467. The van der Waals surface area contributed by atoms with Crippen LogP contribution in [0.4, 0.5) is 0 Å². The van der Waals surface area contributed by atoms with E-state index < -0.39 is 6.10 Å². The number of likely N-dealkylation sites (tertiary alicyclic amines) is 1. The maximum Gasteiger partial charge on any atom is 0.223 e. The molecule has 5 heteroatoms. The molecule has 0 spiro atoms. The summed E-state index contributed by atoms with van der Waals surface area (Å²) in [7, 11) is 0. The molecule has 2 aromatic rings. The molecular weight excluding hydrogens is 350 g/mol. The number of aliphatic hydroxyl groups is 1. The lowest BCUT2D eigenvalue weighted by Gasteiger charge is -2.39. The molecule has 1 saturated heterocycles. The Kier molecular flexibility index (Phi) is 5.84. The minimum Gasteiger partial charge on any atom is -0.491 e. The summed E-state index contributed by atoms with van der Waals surface area (Å²) in [5.41, 5.74) is 1.87. The standard InChI is InChI=1S/C21H24ClNO3/c1-14(2)26-18-5-3-4-16(12-18)21-19(24)10-11-20(25)23(21)13-15-6-8-17(22)9-7-15/h3-9,12,14,19,21,24H,10-11,13H2,1-2H3/t19-,21+/m0/s1. The first-order valence-electron chi connectivity index (χ1n) is 8.92. The van der Waals surface area contributed by atoms with Crippen molar-refractivity contribution in [2.24, 2.45) is 0 Å². The molecule has 1 N–H and O–H groups in total. The Morgan fingerprint density at radius 2 is 1.96 bits per heavy atom. The Balaban J connectivity index is 1.90. The predicted octanol–water partition coefficient (Wildman–Crippen LogP) is 4.35. The normalized spacial score (nSPS) is 20.5. The highest BCUT2D eigenvalue weighted by molar-refractivity contribution is 6.30. The van der Waals surface area contributed by atoms with E-state index in [1.807, 2.05) is 62.4 Å². The monoisotopic (exact) mass is 373 g/mol. The molecule has 0 unspecified atom stereocenters. The second kappa shape index (κ2) is 8.11. The minimum atomic E-state index is -0.602. The van der Waals surface area contributed by atoms with Gasteiger partial charge in [-0.2, -0.15) is 0 Å². The summed E-state index contributed by atoms with van der Waals surface area (Å²) in [6.07, 6.45) is 0.284. The SMILES string of the molecule is CC(C)Oc1cccc([C@@H]2[C@@H](O)CCC(=O)N2Cc2ccc(Cl)cc2)c1. The molecule has 1 fully saturated rings. The number of halogens is 1. The first-order valence-corrected chi connectivity index (χ1v) is 9.30. The second-order valence-corrected chi connectivity index (χ2v) is 7.37. The van der Waals surface area contributed by atoms with Crippen LogP contribution in [0.15, 0.2) is 48.5 Å². The summed E-state index contributed by atoms with van der Waals surface area (Å²) in [4.78, 5) is 14.4. The number of benzene rings is 2. The molecule has 0 saturated carbocycles. The molecule has 0 bridgehead atoms. The molecule has 2 atom stereocenters. The van der Waals surface area contributed by atoms with Crippen LogP contribution in [-0.2, 0) is 11.3 Å². The third-order valence-electron chi connectivity index (χ3n) is 4.51. The van der Waals surface area contributed by atoms with E-state index in [0.717, 1.165) is 16.9 Å². The third-order valence-corrected chi connectivity index (χ3v) is 4.76. The van der Waals surface area contributed by atoms with Crippen molar-refractivity contribution in [3.63, 3.8) is 0 Å². The van der Waals surface area contributed by atoms with Gasteiger partial charge in [0.05, 0.1) is 18.2 Å². The zero-order chi connectivity index (χ0) is 18.7. The van der Waals surface area contributed by atoms with Gasteiger partial charge in [-0.1, -0.05) is 35.9 Å². The van der Waals surface area contributed by atoms with Crippen molar-refractivity contribution in [1.29, 1.82) is 0 Å². The Morgan fingerprint density at radius 1 is 1.23 bits per heavy atom. The van der Waals surface area contributed by atoms with Gasteiger partial charge in [0.1, 0.15) is 5.75 Å². The van der Waals surface area contributed by atoms with Crippen LogP contribution in [0.5, 0.6) is 5.75 Å². The van der Waals surface area contributed by atoms with E-state index in [-0.39, 0.29) is 18.1 Å². The average molecular weight is 374 g/mol. The molecule has 0 radical (unpaired) electrons. The molecular formula is C21H24ClNO3. The van der Waals surface area contributed by atoms with Crippen molar-refractivity contribution in [1.82, 2.24) is 4.90 Å². The number of rotatable bonds is 5.